The summed E-state index contributed by atoms with van der Waals surface area (Å²) in [4.78, 5) is 44.1. The van der Waals surface area contributed by atoms with E-state index >= 15 is 0 Å². The highest BCUT2D eigenvalue weighted by atomic mass is 16.6. The molecule has 10 heteroatoms. The molecule has 2 aliphatic heterocycles. The van der Waals surface area contributed by atoms with Crippen molar-refractivity contribution in [1.29, 1.82) is 0 Å². The van der Waals surface area contributed by atoms with Crippen LogP contribution in [0.4, 0.5) is 21.0 Å². The zero-order valence-electron chi connectivity index (χ0n) is 25.5. The Morgan fingerprint density at radius 3 is 1.93 bits per heavy atom. The number of pyridine rings is 2. The molecule has 0 aliphatic carbocycles. The summed E-state index contributed by atoms with van der Waals surface area (Å²) >= 11 is 0. The van der Waals surface area contributed by atoms with Crippen molar-refractivity contribution in [3.05, 3.63) is 81.9 Å². The van der Waals surface area contributed by atoms with Crippen LogP contribution in [0.5, 0.6) is 5.88 Å². The largest absolute Gasteiger partial charge is 0.481 e. The van der Waals surface area contributed by atoms with Gasteiger partial charge in [0.25, 0.3) is 5.56 Å². The molecule has 224 valence electrons. The summed E-state index contributed by atoms with van der Waals surface area (Å²) in [6, 6.07) is 13.3. The number of hydrogen-bond donors (Lipinski definition) is 0. The number of anilines is 2. The number of rotatable bonds is 3. The first-order chi connectivity index (χ1) is 19.7. The molecule has 0 fully saturated rings. The second-order valence-electron chi connectivity index (χ2n) is 12.3. The van der Waals surface area contributed by atoms with E-state index in [-0.39, 0.29) is 17.7 Å². The molecule has 0 N–H and O–H groups in total. The van der Waals surface area contributed by atoms with E-state index in [0.29, 0.717) is 31.9 Å². The monoisotopic (exact) mass is 576 g/mol. The second kappa shape index (κ2) is 12.3. The third-order valence-electron chi connectivity index (χ3n) is 6.55. The summed E-state index contributed by atoms with van der Waals surface area (Å²) in [6.45, 7) is 12.7. The SMILES string of the molecule is CC(C)(C)OC(=O)N1CCc2cc(=O)n(Cc3ccccc3)cc21.COc1cc2c(cn1)N(C(=O)OC(C)(C)C)CC2. The zero-order chi connectivity index (χ0) is 30.7. The quantitative estimate of drug-likeness (QED) is 0.401. The predicted octanol–water partition coefficient (Wildman–Crippen LogP) is 5.58. The number of carbonyl (C=O) groups is 2. The lowest BCUT2D eigenvalue weighted by molar-refractivity contribution is 0.0573. The Labute approximate surface area is 246 Å². The van der Waals surface area contributed by atoms with Gasteiger partial charge in [-0.1, -0.05) is 30.3 Å². The average molecular weight is 577 g/mol. The number of benzene rings is 1. The fourth-order valence-electron chi connectivity index (χ4n) is 4.69. The number of amides is 2. The minimum absolute atomic E-state index is 0.0522. The molecular formula is C32H40N4O6. The lowest BCUT2D eigenvalue weighted by Crippen LogP contribution is -2.36. The van der Waals surface area contributed by atoms with E-state index in [1.54, 1.807) is 39.9 Å². The van der Waals surface area contributed by atoms with Gasteiger partial charge in [0.2, 0.25) is 5.88 Å². The lowest BCUT2D eigenvalue weighted by atomic mass is 10.2. The van der Waals surface area contributed by atoms with Crippen LogP contribution in [0.1, 0.15) is 58.2 Å². The number of carbonyl (C=O) groups excluding carboxylic acids is 2. The molecular weight excluding hydrogens is 536 g/mol. The third kappa shape index (κ3) is 7.69. The van der Waals surface area contributed by atoms with Crippen LogP contribution in [0.2, 0.25) is 0 Å². The summed E-state index contributed by atoms with van der Waals surface area (Å²) < 4.78 is 17.5. The van der Waals surface area contributed by atoms with Crippen LogP contribution in [-0.2, 0) is 28.9 Å². The number of methoxy groups -OCH3 is 1. The molecule has 1 aromatic carbocycles. The molecule has 2 amide bonds. The molecule has 0 atom stereocenters. The van der Waals surface area contributed by atoms with E-state index in [1.807, 2.05) is 77.9 Å². The summed E-state index contributed by atoms with van der Waals surface area (Å²) in [7, 11) is 1.58. The molecule has 4 heterocycles. The smallest absolute Gasteiger partial charge is 0.414 e. The van der Waals surface area contributed by atoms with Gasteiger partial charge in [-0.25, -0.2) is 14.6 Å². The highest BCUT2D eigenvalue weighted by molar-refractivity contribution is 5.91. The van der Waals surface area contributed by atoms with Crippen LogP contribution in [0.25, 0.3) is 0 Å². The first-order valence-electron chi connectivity index (χ1n) is 14.1. The van der Waals surface area contributed by atoms with Gasteiger partial charge < -0.3 is 18.8 Å². The second-order valence-corrected chi connectivity index (χ2v) is 12.3. The van der Waals surface area contributed by atoms with Crippen molar-refractivity contribution < 1.29 is 23.8 Å². The molecule has 42 heavy (non-hydrogen) atoms. The Hall–Kier alpha value is -4.34. The highest BCUT2D eigenvalue weighted by Gasteiger charge is 2.31. The maximum Gasteiger partial charge on any atom is 0.414 e. The van der Waals surface area contributed by atoms with Gasteiger partial charge in [-0.3, -0.25) is 14.6 Å². The van der Waals surface area contributed by atoms with Gasteiger partial charge in [0, 0.05) is 31.4 Å². The molecule has 5 rings (SSSR count). The van der Waals surface area contributed by atoms with E-state index in [2.05, 4.69) is 4.98 Å². The number of fused-ring (bicyclic) bond motifs is 2. The molecule has 0 saturated carbocycles. The van der Waals surface area contributed by atoms with Crippen LogP contribution in [0, 0.1) is 0 Å². The van der Waals surface area contributed by atoms with Crippen LogP contribution < -0.4 is 20.1 Å². The van der Waals surface area contributed by atoms with Crippen molar-refractivity contribution in [2.45, 2.75) is 72.1 Å². The van der Waals surface area contributed by atoms with Crippen molar-refractivity contribution in [2.75, 3.05) is 30.0 Å². The lowest BCUT2D eigenvalue weighted by Gasteiger charge is -2.25. The molecule has 0 saturated heterocycles. The van der Waals surface area contributed by atoms with Crippen molar-refractivity contribution in [3.8, 4) is 5.88 Å². The summed E-state index contributed by atoms with van der Waals surface area (Å²) in [5, 5.41) is 0. The molecule has 0 bridgehead atoms. The standard InChI is InChI=1S/C19H22N2O3.C13H18N2O3/c1-19(2,3)24-18(23)21-10-9-15-11-17(22)20(13-16(15)21)12-14-7-5-4-6-8-14;1-13(2,3)18-12(16)15-6-5-9-7-11(17-4)14-8-10(9)15/h4-8,11,13H,9-10,12H2,1-3H3;7-8H,5-6H2,1-4H3. The van der Waals surface area contributed by atoms with E-state index in [1.165, 1.54) is 0 Å². The van der Waals surface area contributed by atoms with Gasteiger partial charge >= 0.3 is 12.2 Å². The summed E-state index contributed by atoms with van der Waals surface area (Å²) in [6.07, 6.45) is 4.20. The Balaban J connectivity index is 0.000000201. The maximum absolute atomic E-state index is 12.4. The first kappa shape index (κ1) is 30.6. The minimum Gasteiger partial charge on any atom is -0.481 e. The van der Waals surface area contributed by atoms with E-state index in [4.69, 9.17) is 14.2 Å². The number of aromatic nitrogens is 2. The number of ether oxygens (including phenoxy) is 3. The average Bonchev–Trinajstić information content (AvgIpc) is 3.51. The Morgan fingerprint density at radius 1 is 0.833 bits per heavy atom. The van der Waals surface area contributed by atoms with E-state index in [9.17, 15) is 14.4 Å². The van der Waals surface area contributed by atoms with Gasteiger partial charge in [0.1, 0.15) is 11.2 Å². The normalized spacial score (nSPS) is 14.0. The van der Waals surface area contributed by atoms with Crippen molar-refractivity contribution >= 4 is 23.6 Å². The molecule has 2 aliphatic rings. The molecule has 0 radical (unpaired) electrons. The van der Waals surface area contributed by atoms with Gasteiger partial charge in [-0.2, -0.15) is 0 Å². The van der Waals surface area contributed by atoms with Gasteiger partial charge in [-0.15, -0.1) is 0 Å². The van der Waals surface area contributed by atoms with Crippen molar-refractivity contribution in [2.24, 2.45) is 0 Å². The molecule has 0 spiro atoms. The van der Waals surface area contributed by atoms with Crippen LogP contribution >= 0.6 is 0 Å². The van der Waals surface area contributed by atoms with Crippen molar-refractivity contribution in [3.63, 3.8) is 0 Å². The minimum atomic E-state index is -0.543. The van der Waals surface area contributed by atoms with Crippen LogP contribution in [0.3, 0.4) is 0 Å². The third-order valence-corrected chi connectivity index (χ3v) is 6.55. The fraction of sp³-hybridized carbons (Fsp3) is 0.438. The zero-order valence-corrected chi connectivity index (χ0v) is 25.5. The Bertz CT molecular complexity index is 1490. The summed E-state index contributed by atoms with van der Waals surface area (Å²) in [5.74, 6) is 0.569. The van der Waals surface area contributed by atoms with Gasteiger partial charge in [-0.05, 0) is 71.1 Å². The molecule has 10 nitrogen and oxygen atoms in total. The Kier molecular flexibility index (Phi) is 8.94. The van der Waals surface area contributed by atoms with Crippen LogP contribution in [-0.4, -0.2) is 53.1 Å². The predicted molar refractivity (Wildman–Crippen MR) is 162 cm³/mol. The Morgan fingerprint density at radius 2 is 1.38 bits per heavy atom. The van der Waals surface area contributed by atoms with E-state index in [0.717, 1.165) is 34.5 Å². The molecule has 0 unspecified atom stereocenters. The number of nitrogens with zero attached hydrogens (tertiary/aromatic N) is 4. The van der Waals surface area contributed by atoms with Gasteiger partial charge in [0.15, 0.2) is 0 Å². The summed E-state index contributed by atoms with van der Waals surface area (Å²) in [5.41, 5.74) is 3.50. The highest BCUT2D eigenvalue weighted by Crippen LogP contribution is 2.31. The molecule has 2 aromatic heterocycles. The molecule has 3 aromatic rings. The van der Waals surface area contributed by atoms with Gasteiger partial charge in [0.05, 0.1) is 31.2 Å². The first-order valence-corrected chi connectivity index (χ1v) is 14.1. The topological polar surface area (TPSA) is 103 Å². The van der Waals surface area contributed by atoms with Crippen LogP contribution in [0.15, 0.2) is 59.7 Å². The number of hydrogen-bond acceptors (Lipinski definition) is 7. The maximum atomic E-state index is 12.4. The fourth-order valence-corrected chi connectivity index (χ4v) is 4.69. The van der Waals surface area contributed by atoms with Crippen molar-refractivity contribution in [1.82, 2.24) is 9.55 Å². The van der Waals surface area contributed by atoms with E-state index < -0.39 is 11.2 Å².